The number of rotatable bonds is 5. The number of piperazine rings is 1. The zero-order valence-corrected chi connectivity index (χ0v) is 26.1. The number of aromatic nitrogens is 1. The standard InChI is InChI=1S/C35H41N5O5/c1-4-38-20-22-18-27-25(24-12-8-13-26(38)30(22)24)17-23(19-37(27)3)31(41)36-34(2)33(43)40-28(16-21-10-6-5-7-11-21)32(42)39-15-9-14-29(39)35(40,44)45-34/h5-8,10-13,20,23,25,27-29,44H,4,9,14-19H2,1-3H3,(H,36,41)/t23?,25-,27-,28+,29+,34-,35+/m1/s1. The molecule has 3 amide bonds. The molecule has 10 heteroatoms. The number of nitrogens with one attached hydrogen (secondary N) is 1. The Hall–Kier alpha value is -3.73. The monoisotopic (exact) mass is 611 g/mol. The van der Waals surface area contributed by atoms with E-state index in [1.807, 2.05) is 30.3 Å². The van der Waals surface area contributed by atoms with Crippen molar-refractivity contribution in [1.82, 2.24) is 24.6 Å². The molecule has 10 nitrogen and oxygen atoms in total. The normalized spacial score (nSPS) is 34.2. The zero-order valence-electron chi connectivity index (χ0n) is 26.1. The van der Waals surface area contributed by atoms with Crippen molar-refractivity contribution < 1.29 is 24.2 Å². The topological polar surface area (TPSA) is 107 Å². The number of amides is 3. The molecule has 1 aromatic heterocycles. The van der Waals surface area contributed by atoms with Gasteiger partial charge in [0.2, 0.25) is 17.5 Å². The summed E-state index contributed by atoms with van der Waals surface area (Å²) in [5.41, 5.74) is 2.94. The molecule has 7 atom stereocenters. The lowest BCUT2D eigenvalue weighted by atomic mass is 9.72. The lowest BCUT2D eigenvalue weighted by Crippen LogP contribution is -2.71. The molecule has 45 heavy (non-hydrogen) atoms. The van der Waals surface area contributed by atoms with Gasteiger partial charge in [-0.2, -0.15) is 0 Å². The van der Waals surface area contributed by atoms with Crippen LogP contribution in [0.15, 0.2) is 54.7 Å². The Morgan fingerprint density at radius 3 is 2.71 bits per heavy atom. The maximum absolute atomic E-state index is 14.2. The summed E-state index contributed by atoms with van der Waals surface area (Å²) in [5, 5.41) is 16.3. The molecule has 0 bridgehead atoms. The number of hydrogen-bond donors (Lipinski definition) is 2. The van der Waals surface area contributed by atoms with Crippen LogP contribution in [0.1, 0.15) is 55.7 Å². The quantitative estimate of drug-likeness (QED) is 0.460. The van der Waals surface area contributed by atoms with Gasteiger partial charge in [-0.05, 0) is 69.3 Å². The van der Waals surface area contributed by atoms with Crippen LogP contribution in [0.25, 0.3) is 10.9 Å². The van der Waals surface area contributed by atoms with Crippen molar-refractivity contribution in [2.45, 2.75) is 88.2 Å². The Morgan fingerprint density at radius 2 is 1.93 bits per heavy atom. The molecule has 5 heterocycles. The van der Waals surface area contributed by atoms with E-state index >= 15 is 0 Å². The molecular formula is C35H41N5O5. The number of aliphatic hydroxyl groups is 1. The number of carbonyl (C=O) groups is 3. The lowest BCUT2D eigenvalue weighted by molar-refractivity contribution is -0.315. The number of carbonyl (C=O) groups excluding carboxylic acids is 3. The number of likely N-dealkylation sites (N-methyl/N-ethyl adjacent to an activating group) is 1. The first-order valence-corrected chi connectivity index (χ1v) is 16.4. The zero-order chi connectivity index (χ0) is 31.2. The van der Waals surface area contributed by atoms with E-state index in [2.05, 4.69) is 53.2 Å². The minimum atomic E-state index is -2.03. The van der Waals surface area contributed by atoms with E-state index in [4.69, 9.17) is 4.74 Å². The minimum Gasteiger partial charge on any atom is -0.347 e. The highest BCUT2D eigenvalue weighted by atomic mass is 16.7. The second kappa shape index (κ2) is 10.1. The fourth-order valence-corrected chi connectivity index (χ4v) is 9.09. The summed E-state index contributed by atoms with van der Waals surface area (Å²) in [5.74, 6) is -3.30. The summed E-state index contributed by atoms with van der Waals surface area (Å²) >= 11 is 0. The van der Waals surface area contributed by atoms with Crippen LogP contribution in [0.2, 0.25) is 0 Å². The second-order valence-electron chi connectivity index (χ2n) is 13.8. The van der Waals surface area contributed by atoms with E-state index in [9.17, 15) is 19.5 Å². The van der Waals surface area contributed by atoms with Gasteiger partial charge in [0.15, 0.2) is 0 Å². The summed E-state index contributed by atoms with van der Waals surface area (Å²) in [7, 11) is 2.08. The van der Waals surface area contributed by atoms with E-state index < -0.39 is 29.6 Å². The minimum absolute atomic E-state index is 0.173. The molecule has 2 aromatic carbocycles. The number of benzene rings is 2. The summed E-state index contributed by atoms with van der Waals surface area (Å²) in [4.78, 5) is 47.2. The SMILES string of the molecule is CCn1cc2c3c(cccc31)[C@H]1CC(C(=O)N[C@]3(C)O[C@@]4(O)[C@@H]5CCCN5C(=O)[C@H](Cc5ccccc5)N4C3=O)CN(C)[C@@H]1C2. The van der Waals surface area contributed by atoms with Gasteiger partial charge < -0.3 is 24.8 Å². The van der Waals surface area contributed by atoms with Gasteiger partial charge in [-0.1, -0.05) is 42.5 Å². The van der Waals surface area contributed by atoms with E-state index in [0.29, 0.717) is 32.4 Å². The van der Waals surface area contributed by atoms with Crippen LogP contribution in [0.5, 0.6) is 0 Å². The molecule has 1 aliphatic carbocycles. The van der Waals surface area contributed by atoms with Gasteiger partial charge in [-0.25, -0.2) is 0 Å². The Labute approximate surface area is 262 Å². The van der Waals surface area contributed by atoms with Crippen LogP contribution in [0.4, 0.5) is 0 Å². The van der Waals surface area contributed by atoms with Gasteiger partial charge >= 0.3 is 0 Å². The first kappa shape index (κ1) is 28.7. The molecule has 3 aromatic rings. The van der Waals surface area contributed by atoms with E-state index in [-0.39, 0.29) is 36.1 Å². The van der Waals surface area contributed by atoms with Gasteiger partial charge in [0.05, 0.1) is 5.92 Å². The van der Waals surface area contributed by atoms with Gasteiger partial charge in [0.1, 0.15) is 12.1 Å². The summed E-state index contributed by atoms with van der Waals surface area (Å²) in [6, 6.07) is 14.6. The highest BCUT2D eigenvalue weighted by molar-refractivity contribution is 5.97. The molecule has 2 N–H and O–H groups in total. The Kier molecular flexibility index (Phi) is 6.47. The predicted octanol–water partition coefficient (Wildman–Crippen LogP) is 2.57. The fraction of sp³-hybridized carbons (Fsp3) is 0.514. The van der Waals surface area contributed by atoms with Crippen molar-refractivity contribution in [2.75, 3.05) is 20.1 Å². The maximum Gasteiger partial charge on any atom is 0.280 e. The molecule has 1 unspecified atom stereocenters. The molecule has 8 rings (SSSR count). The van der Waals surface area contributed by atoms with Crippen molar-refractivity contribution in [2.24, 2.45) is 5.92 Å². The maximum atomic E-state index is 14.2. The van der Waals surface area contributed by atoms with Crippen LogP contribution in [-0.4, -0.2) is 92.0 Å². The number of aryl methyl sites for hydroxylation is 1. The fourth-order valence-electron chi connectivity index (χ4n) is 9.09. The first-order chi connectivity index (χ1) is 21.6. The molecule has 4 fully saturated rings. The molecule has 0 saturated carbocycles. The summed E-state index contributed by atoms with van der Waals surface area (Å²) < 4.78 is 8.58. The number of hydrogen-bond acceptors (Lipinski definition) is 6. The number of likely N-dealkylation sites (tertiary alicyclic amines) is 1. The van der Waals surface area contributed by atoms with Crippen molar-refractivity contribution in [3.8, 4) is 0 Å². The Balaban J connectivity index is 1.08. The van der Waals surface area contributed by atoms with Gasteiger partial charge in [0, 0.05) is 55.1 Å². The largest absolute Gasteiger partial charge is 0.347 e. The molecule has 236 valence electrons. The van der Waals surface area contributed by atoms with Crippen LogP contribution < -0.4 is 5.32 Å². The van der Waals surface area contributed by atoms with E-state index in [0.717, 1.165) is 18.5 Å². The number of fused-ring (bicyclic) bond motifs is 5. The average molecular weight is 612 g/mol. The molecule has 4 saturated heterocycles. The highest BCUT2D eigenvalue weighted by Gasteiger charge is 2.70. The lowest BCUT2D eigenvalue weighted by Gasteiger charge is -2.48. The molecule has 5 aliphatic rings. The highest BCUT2D eigenvalue weighted by Crippen LogP contribution is 2.47. The number of piperidine rings is 1. The number of nitrogens with zero attached hydrogens (tertiary/aromatic N) is 4. The van der Waals surface area contributed by atoms with E-state index in [1.165, 1.54) is 33.9 Å². The van der Waals surface area contributed by atoms with Gasteiger partial charge in [0.25, 0.3) is 11.8 Å². The second-order valence-corrected chi connectivity index (χ2v) is 13.8. The third kappa shape index (κ3) is 4.15. The van der Waals surface area contributed by atoms with Gasteiger partial charge in [-0.3, -0.25) is 24.0 Å². The van der Waals surface area contributed by atoms with Crippen LogP contribution in [0, 0.1) is 5.92 Å². The van der Waals surface area contributed by atoms with Crippen molar-refractivity contribution in [1.29, 1.82) is 0 Å². The molecular weight excluding hydrogens is 570 g/mol. The Bertz CT molecular complexity index is 1710. The first-order valence-electron chi connectivity index (χ1n) is 16.4. The predicted molar refractivity (Wildman–Crippen MR) is 167 cm³/mol. The van der Waals surface area contributed by atoms with Crippen molar-refractivity contribution in [3.05, 3.63) is 71.4 Å². The molecule has 4 aliphatic heterocycles. The van der Waals surface area contributed by atoms with E-state index in [1.54, 1.807) is 4.90 Å². The number of ether oxygens (including phenoxy) is 1. The van der Waals surface area contributed by atoms with Crippen LogP contribution in [0.3, 0.4) is 0 Å². The summed E-state index contributed by atoms with van der Waals surface area (Å²) in [6.07, 6.45) is 5.33. The van der Waals surface area contributed by atoms with Crippen molar-refractivity contribution in [3.63, 3.8) is 0 Å². The third-order valence-electron chi connectivity index (χ3n) is 11.2. The summed E-state index contributed by atoms with van der Waals surface area (Å²) in [6.45, 7) is 5.63. The van der Waals surface area contributed by atoms with Crippen molar-refractivity contribution >= 4 is 28.6 Å². The van der Waals surface area contributed by atoms with Crippen LogP contribution in [-0.2, 0) is 38.5 Å². The smallest absolute Gasteiger partial charge is 0.280 e. The molecule has 0 radical (unpaired) electrons. The Morgan fingerprint density at radius 1 is 1.13 bits per heavy atom. The van der Waals surface area contributed by atoms with Crippen LogP contribution >= 0.6 is 0 Å². The average Bonchev–Trinajstić information content (AvgIpc) is 3.72. The van der Waals surface area contributed by atoms with Gasteiger partial charge in [-0.15, -0.1) is 0 Å². The molecule has 0 spiro atoms. The third-order valence-corrected chi connectivity index (χ3v) is 11.2.